The lowest BCUT2D eigenvalue weighted by atomic mass is 9.96. The molecule has 0 radical (unpaired) electrons. The molecule has 0 aliphatic heterocycles. The summed E-state index contributed by atoms with van der Waals surface area (Å²) >= 11 is 0. The van der Waals surface area contributed by atoms with Crippen molar-refractivity contribution in [1.29, 1.82) is 0 Å². The van der Waals surface area contributed by atoms with Crippen LogP contribution in [0.5, 0.6) is 11.5 Å². The van der Waals surface area contributed by atoms with Gasteiger partial charge in [0.15, 0.2) is 5.78 Å². The Morgan fingerprint density at radius 2 is 1.62 bits per heavy atom. The predicted octanol–water partition coefficient (Wildman–Crippen LogP) is 5.01. The molecule has 2 rings (SSSR count). The Hall–Kier alpha value is -3.34. The number of ether oxygens (including phenoxy) is 2. The maximum atomic E-state index is 12.8. The van der Waals surface area contributed by atoms with Crippen molar-refractivity contribution in [2.45, 2.75) is 27.7 Å². The molecule has 0 aromatic heterocycles. The fourth-order valence-corrected chi connectivity index (χ4v) is 3.22. The SMILES string of the molecule is COc1ccc(C(=O)C=Cc2c(C)cc(OC)c(C)c2C)cc1C(C)=CC(=O)O. The lowest BCUT2D eigenvalue weighted by molar-refractivity contribution is -0.131. The van der Waals surface area contributed by atoms with Gasteiger partial charge >= 0.3 is 5.97 Å². The summed E-state index contributed by atoms with van der Waals surface area (Å²) in [4.78, 5) is 23.8. The van der Waals surface area contributed by atoms with Gasteiger partial charge in [-0.25, -0.2) is 4.79 Å². The molecular weight excluding hydrogens is 368 g/mol. The first kappa shape index (κ1) is 22.0. The van der Waals surface area contributed by atoms with E-state index in [4.69, 9.17) is 14.6 Å². The molecular formula is C24H26O5. The quantitative estimate of drug-likeness (QED) is 0.528. The molecule has 0 fully saturated rings. The van der Waals surface area contributed by atoms with Gasteiger partial charge in [0.1, 0.15) is 11.5 Å². The summed E-state index contributed by atoms with van der Waals surface area (Å²) in [5.41, 5.74) is 5.62. The second kappa shape index (κ2) is 9.24. The Kier molecular flexibility index (Phi) is 6.99. The molecule has 2 aromatic carbocycles. The predicted molar refractivity (Wildman–Crippen MR) is 115 cm³/mol. The third-order valence-electron chi connectivity index (χ3n) is 4.98. The lowest BCUT2D eigenvalue weighted by Gasteiger charge is -2.13. The first-order valence-electron chi connectivity index (χ1n) is 9.16. The minimum absolute atomic E-state index is 0.177. The first-order valence-corrected chi connectivity index (χ1v) is 9.16. The van der Waals surface area contributed by atoms with Gasteiger partial charge in [-0.05, 0) is 85.9 Å². The maximum Gasteiger partial charge on any atom is 0.328 e. The van der Waals surface area contributed by atoms with E-state index in [1.165, 1.54) is 13.2 Å². The number of hydrogen-bond donors (Lipinski definition) is 1. The molecule has 0 bridgehead atoms. The zero-order chi connectivity index (χ0) is 21.7. The van der Waals surface area contributed by atoms with Crippen molar-refractivity contribution in [3.63, 3.8) is 0 Å². The Bertz CT molecular complexity index is 1010. The van der Waals surface area contributed by atoms with Crippen molar-refractivity contribution in [2.75, 3.05) is 14.2 Å². The molecule has 0 atom stereocenters. The third kappa shape index (κ3) is 4.93. The minimum atomic E-state index is -1.05. The third-order valence-corrected chi connectivity index (χ3v) is 4.98. The number of carboxylic acid groups (broad SMARTS) is 1. The van der Waals surface area contributed by atoms with Gasteiger partial charge in [-0.2, -0.15) is 0 Å². The van der Waals surface area contributed by atoms with Gasteiger partial charge in [0, 0.05) is 17.2 Å². The van der Waals surface area contributed by atoms with E-state index in [9.17, 15) is 9.59 Å². The van der Waals surface area contributed by atoms with Crippen molar-refractivity contribution in [3.8, 4) is 11.5 Å². The Morgan fingerprint density at radius 1 is 0.966 bits per heavy atom. The molecule has 0 saturated heterocycles. The van der Waals surface area contributed by atoms with E-state index in [0.717, 1.165) is 34.1 Å². The van der Waals surface area contributed by atoms with Crippen LogP contribution in [0.25, 0.3) is 11.6 Å². The number of hydrogen-bond acceptors (Lipinski definition) is 4. The molecule has 29 heavy (non-hydrogen) atoms. The van der Waals surface area contributed by atoms with E-state index >= 15 is 0 Å². The highest BCUT2D eigenvalue weighted by molar-refractivity contribution is 6.07. The second-order valence-electron chi connectivity index (χ2n) is 6.84. The summed E-state index contributed by atoms with van der Waals surface area (Å²) in [7, 11) is 3.15. The summed E-state index contributed by atoms with van der Waals surface area (Å²) in [6.07, 6.45) is 4.43. The number of allylic oxidation sites excluding steroid dienone is 2. The number of aliphatic carboxylic acids is 1. The number of aryl methyl sites for hydroxylation is 1. The molecule has 1 N–H and O–H groups in total. The topological polar surface area (TPSA) is 72.8 Å². The number of carbonyl (C=O) groups is 2. The van der Waals surface area contributed by atoms with Crippen molar-refractivity contribution in [2.24, 2.45) is 0 Å². The van der Waals surface area contributed by atoms with Crippen LogP contribution in [0.4, 0.5) is 0 Å². The summed E-state index contributed by atoms with van der Waals surface area (Å²) in [5, 5.41) is 9.01. The number of benzene rings is 2. The van der Waals surface area contributed by atoms with Crippen LogP contribution >= 0.6 is 0 Å². The van der Waals surface area contributed by atoms with E-state index in [1.807, 2.05) is 32.9 Å². The van der Waals surface area contributed by atoms with Crippen LogP contribution < -0.4 is 9.47 Å². The van der Waals surface area contributed by atoms with E-state index in [1.54, 1.807) is 32.2 Å². The molecule has 0 saturated carbocycles. The zero-order valence-electron chi connectivity index (χ0n) is 17.6. The van der Waals surface area contributed by atoms with E-state index in [0.29, 0.717) is 22.4 Å². The van der Waals surface area contributed by atoms with Gasteiger partial charge < -0.3 is 14.6 Å². The van der Waals surface area contributed by atoms with E-state index < -0.39 is 5.97 Å². The zero-order valence-corrected chi connectivity index (χ0v) is 17.6. The van der Waals surface area contributed by atoms with Crippen LogP contribution in [-0.4, -0.2) is 31.1 Å². The smallest absolute Gasteiger partial charge is 0.328 e. The molecule has 5 nitrogen and oxygen atoms in total. The van der Waals surface area contributed by atoms with Crippen molar-refractivity contribution < 1.29 is 24.2 Å². The number of methoxy groups -OCH3 is 2. The first-order chi connectivity index (χ1) is 13.7. The number of ketones is 1. The highest BCUT2D eigenvalue weighted by Gasteiger charge is 2.12. The largest absolute Gasteiger partial charge is 0.496 e. The number of carbonyl (C=O) groups excluding carboxylic acids is 1. The monoisotopic (exact) mass is 394 g/mol. The average molecular weight is 394 g/mol. The molecule has 0 aliphatic carbocycles. The van der Waals surface area contributed by atoms with Crippen molar-refractivity contribution in [1.82, 2.24) is 0 Å². The van der Waals surface area contributed by atoms with Crippen LogP contribution in [0, 0.1) is 20.8 Å². The number of rotatable bonds is 7. The van der Waals surface area contributed by atoms with Gasteiger partial charge in [0.2, 0.25) is 0 Å². The highest BCUT2D eigenvalue weighted by Crippen LogP contribution is 2.29. The summed E-state index contributed by atoms with van der Waals surface area (Å²) in [6, 6.07) is 6.95. The summed E-state index contributed by atoms with van der Waals surface area (Å²) in [6.45, 7) is 7.63. The van der Waals surface area contributed by atoms with Crippen molar-refractivity contribution in [3.05, 3.63) is 69.8 Å². The van der Waals surface area contributed by atoms with Gasteiger partial charge in [0.05, 0.1) is 14.2 Å². The molecule has 0 spiro atoms. The van der Waals surface area contributed by atoms with Crippen molar-refractivity contribution >= 4 is 23.4 Å². The molecule has 0 amide bonds. The highest BCUT2D eigenvalue weighted by atomic mass is 16.5. The lowest BCUT2D eigenvalue weighted by Crippen LogP contribution is -2.00. The molecule has 0 unspecified atom stereocenters. The van der Waals surface area contributed by atoms with Gasteiger partial charge in [-0.15, -0.1) is 0 Å². The van der Waals surface area contributed by atoms with Crippen LogP contribution in [-0.2, 0) is 4.79 Å². The second-order valence-corrected chi connectivity index (χ2v) is 6.84. The molecule has 152 valence electrons. The molecule has 0 heterocycles. The molecule has 5 heteroatoms. The molecule has 0 aliphatic rings. The number of carboxylic acids is 1. The fraction of sp³-hybridized carbons (Fsp3) is 0.250. The van der Waals surface area contributed by atoms with E-state index in [-0.39, 0.29) is 5.78 Å². The van der Waals surface area contributed by atoms with Crippen LogP contribution in [0.1, 0.15) is 45.1 Å². The van der Waals surface area contributed by atoms with Crippen LogP contribution in [0.3, 0.4) is 0 Å². The van der Waals surface area contributed by atoms with Gasteiger partial charge in [-0.1, -0.05) is 6.08 Å². The standard InChI is InChI=1S/C24H26O5/c1-14-11-23(29-6)17(4)16(3)19(14)8-9-21(25)18-7-10-22(28-5)20(13-18)15(2)12-24(26)27/h7-13H,1-6H3,(H,26,27). The van der Waals surface area contributed by atoms with Gasteiger partial charge in [0.25, 0.3) is 0 Å². The summed E-state index contributed by atoms with van der Waals surface area (Å²) in [5.74, 6) is 0.105. The maximum absolute atomic E-state index is 12.8. The Labute approximate surface area is 171 Å². The van der Waals surface area contributed by atoms with Crippen LogP contribution in [0.2, 0.25) is 0 Å². The summed E-state index contributed by atoms with van der Waals surface area (Å²) < 4.78 is 10.7. The Balaban J connectivity index is 2.42. The fourth-order valence-electron chi connectivity index (χ4n) is 3.22. The van der Waals surface area contributed by atoms with E-state index in [2.05, 4.69) is 0 Å². The minimum Gasteiger partial charge on any atom is -0.496 e. The Morgan fingerprint density at radius 3 is 2.21 bits per heavy atom. The average Bonchev–Trinajstić information content (AvgIpc) is 2.69. The normalized spacial score (nSPS) is 11.6. The van der Waals surface area contributed by atoms with Crippen LogP contribution in [0.15, 0.2) is 36.4 Å². The van der Waals surface area contributed by atoms with Gasteiger partial charge in [-0.3, -0.25) is 4.79 Å². The molecule has 2 aromatic rings.